The number of allylic oxidation sites excluding steroid dienone is 8. The summed E-state index contributed by atoms with van der Waals surface area (Å²) in [6.07, 6.45) is 11.7. The molecule has 0 fully saturated rings. The molecule has 0 saturated heterocycles. The van der Waals surface area contributed by atoms with E-state index in [9.17, 15) is 0 Å². The smallest absolute Gasteiger partial charge is 0.0184 e. The Balaban J connectivity index is 0.000000146. The van der Waals surface area contributed by atoms with Crippen LogP contribution in [0, 0.1) is 0 Å². The van der Waals surface area contributed by atoms with Crippen LogP contribution < -0.4 is 0 Å². The molecule has 0 bridgehead atoms. The van der Waals surface area contributed by atoms with E-state index in [1.807, 2.05) is 12.1 Å². The fraction of sp³-hybridized carbons (Fsp3) is 0.167. The van der Waals surface area contributed by atoms with E-state index in [1.54, 1.807) is 17.7 Å². The quantitative estimate of drug-likeness (QED) is 0.523. The van der Waals surface area contributed by atoms with Gasteiger partial charge in [-0.15, -0.1) is 0 Å². The normalized spacial score (nSPS) is 15.4. The van der Waals surface area contributed by atoms with Gasteiger partial charge in [-0.05, 0) is 11.1 Å². The van der Waals surface area contributed by atoms with Gasteiger partial charge in [0, 0.05) is 0 Å². The van der Waals surface area contributed by atoms with Crippen LogP contribution in [0.15, 0.2) is 103 Å². The third-order valence-corrected chi connectivity index (χ3v) is 8.94. The Morgan fingerprint density at radius 2 is 1.00 bits per heavy atom. The molecule has 0 atom stereocenters. The molecule has 4 rings (SSSR count). The minimum atomic E-state index is -0.385. The minimum Gasteiger partial charge on any atom is -0.0622 e. The molecule has 0 aromatic heterocycles. The maximum absolute atomic E-state index is 2.31. The second kappa shape index (κ2) is 9.11. The summed E-state index contributed by atoms with van der Waals surface area (Å²) in [6, 6.07) is 20.8. The molecule has 0 amide bonds. The van der Waals surface area contributed by atoms with E-state index >= 15 is 0 Å². The molecular weight excluding hydrogens is 379 g/mol. The van der Waals surface area contributed by atoms with E-state index in [1.165, 1.54) is 24.0 Å². The minimum absolute atomic E-state index is 0.385. The van der Waals surface area contributed by atoms with Crippen LogP contribution in [0.5, 0.6) is 0 Å². The van der Waals surface area contributed by atoms with E-state index in [2.05, 4.69) is 86.7 Å². The van der Waals surface area contributed by atoms with Gasteiger partial charge >= 0.3 is 91.9 Å². The predicted molar refractivity (Wildman–Crippen MR) is 105 cm³/mol. The molecule has 2 aliphatic rings. The molecule has 0 heterocycles. The van der Waals surface area contributed by atoms with E-state index in [0.717, 1.165) is 0 Å². The van der Waals surface area contributed by atoms with Gasteiger partial charge in [-0.1, -0.05) is 60.7 Å². The molecule has 124 valence electrons. The van der Waals surface area contributed by atoms with Gasteiger partial charge in [0.25, 0.3) is 0 Å². The molecule has 2 aliphatic carbocycles. The Kier molecular flexibility index (Phi) is 6.59. The van der Waals surface area contributed by atoms with Crippen LogP contribution in [0.1, 0.15) is 26.7 Å². The van der Waals surface area contributed by atoms with Crippen LogP contribution in [0.25, 0.3) is 11.1 Å². The Morgan fingerprint density at radius 1 is 0.600 bits per heavy atom. The Labute approximate surface area is 163 Å². The van der Waals surface area contributed by atoms with Crippen molar-refractivity contribution in [3.8, 4) is 11.1 Å². The molecular formula is C24H24Zr. The Bertz CT molecular complexity index is 749. The van der Waals surface area contributed by atoms with Gasteiger partial charge < -0.3 is 0 Å². The third kappa shape index (κ3) is 5.13. The summed E-state index contributed by atoms with van der Waals surface area (Å²) in [4.78, 5) is 0. The van der Waals surface area contributed by atoms with Gasteiger partial charge in [-0.25, -0.2) is 0 Å². The fourth-order valence-corrected chi connectivity index (χ4v) is 6.33. The molecule has 0 spiro atoms. The van der Waals surface area contributed by atoms with Crippen molar-refractivity contribution in [1.82, 2.24) is 0 Å². The molecule has 0 nitrogen and oxygen atoms in total. The zero-order chi connectivity index (χ0) is 17.5. The van der Waals surface area contributed by atoms with Gasteiger partial charge in [0.15, 0.2) is 0 Å². The van der Waals surface area contributed by atoms with Crippen LogP contribution >= 0.6 is 0 Å². The molecule has 0 unspecified atom stereocenters. The molecule has 0 saturated carbocycles. The first-order chi connectivity index (χ1) is 12.2. The first-order valence-corrected chi connectivity index (χ1v) is 11.3. The summed E-state index contributed by atoms with van der Waals surface area (Å²) in [6.45, 7) is 4.52. The molecule has 2 aromatic carbocycles. The molecule has 25 heavy (non-hydrogen) atoms. The first kappa shape index (κ1) is 18.1. The van der Waals surface area contributed by atoms with Crippen molar-refractivity contribution >= 4 is 0 Å². The van der Waals surface area contributed by atoms with Crippen LogP contribution in [-0.4, -0.2) is 0 Å². The van der Waals surface area contributed by atoms with Gasteiger partial charge in [0.05, 0.1) is 0 Å². The molecule has 0 N–H and O–H groups in total. The number of hydrogen-bond acceptors (Lipinski definition) is 0. The van der Waals surface area contributed by atoms with Crippen molar-refractivity contribution in [3.05, 3.63) is 103 Å². The second-order valence-electron chi connectivity index (χ2n) is 6.39. The van der Waals surface area contributed by atoms with Gasteiger partial charge in [0.1, 0.15) is 0 Å². The molecule has 2 aromatic rings. The van der Waals surface area contributed by atoms with Gasteiger partial charge in [-0.3, -0.25) is 0 Å². The van der Waals surface area contributed by atoms with Crippen LogP contribution in [0.4, 0.5) is 0 Å². The van der Waals surface area contributed by atoms with E-state index in [0.29, 0.717) is 0 Å². The zero-order valence-electron chi connectivity index (χ0n) is 15.0. The van der Waals surface area contributed by atoms with Crippen molar-refractivity contribution in [2.45, 2.75) is 26.7 Å². The zero-order valence-corrected chi connectivity index (χ0v) is 17.5. The van der Waals surface area contributed by atoms with Crippen molar-refractivity contribution in [2.75, 3.05) is 0 Å². The van der Waals surface area contributed by atoms with Crippen molar-refractivity contribution in [2.24, 2.45) is 0 Å². The third-order valence-electron chi connectivity index (χ3n) is 4.51. The average Bonchev–Trinajstić information content (AvgIpc) is 3.26. The summed E-state index contributed by atoms with van der Waals surface area (Å²) < 4.78 is 3.56. The summed E-state index contributed by atoms with van der Waals surface area (Å²) in [5.74, 6) is 0. The Morgan fingerprint density at radius 3 is 1.32 bits per heavy atom. The maximum Gasteiger partial charge on any atom is -0.0184 e. The fourth-order valence-electron chi connectivity index (χ4n) is 2.97. The summed E-state index contributed by atoms with van der Waals surface area (Å²) >= 11 is -0.385. The number of benzene rings is 2. The number of rotatable bonds is 3. The van der Waals surface area contributed by atoms with Crippen molar-refractivity contribution in [1.29, 1.82) is 0 Å². The SMILES string of the molecule is CC1=[C]([Zr][C]2=C(C)C=CC2)CC=C1.c1ccc(-c2ccccc2)cc1. The first-order valence-electron chi connectivity index (χ1n) is 8.84. The molecule has 0 radical (unpaired) electrons. The molecule has 0 aliphatic heterocycles. The predicted octanol–water partition coefficient (Wildman–Crippen LogP) is 6.89. The van der Waals surface area contributed by atoms with Crippen molar-refractivity contribution in [3.63, 3.8) is 0 Å². The van der Waals surface area contributed by atoms with Crippen molar-refractivity contribution < 1.29 is 23.2 Å². The number of hydrogen-bond donors (Lipinski definition) is 0. The van der Waals surface area contributed by atoms with E-state index in [4.69, 9.17) is 0 Å². The van der Waals surface area contributed by atoms with Gasteiger partial charge in [0.2, 0.25) is 0 Å². The summed E-state index contributed by atoms with van der Waals surface area (Å²) in [5, 5.41) is 0. The summed E-state index contributed by atoms with van der Waals surface area (Å²) in [7, 11) is 0. The largest absolute Gasteiger partial charge is 0.0622 e. The maximum atomic E-state index is 2.31. The second-order valence-corrected chi connectivity index (χ2v) is 9.97. The van der Waals surface area contributed by atoms with Gasteiger partial charge in [-0.2, -0.15) is 0 Å². The van der Waals surface area contributed by atoms with Crippen LogP contribution in [0.3, 0.4) is 0 Å². The standard InChI is InChI=1S/C12H10.2C6H7.Zr/c1-3-7-11(8-4-1)12-9-5-2-6-10-12;2*1-6-4-2-3-5-6;/h1-10H;2*2,4H,3H2,1H3;. The Hall–Kier alpha value is -1.72. The van der Waals surface area contributed by atoms with Crippen LogP contribution in [0.2, 0.25) is 0 Å². The van der Waals surface area contributed by atoms with Crippen LogP contribution in [-0.2, 0) is 23.2 Å². The average molecular weight is 404 g/mol. The summed E-state index contributed by atoms with van der Waals surface area (Å²) in [5.41, 5.74) is 5.66. The molecule has 1 heteroatoms. The van der Waals surface area contributed by atoms with E-state index < -0.39 is 0 Å². The monoisotopic (exact) mass is 402 g/mol. The topological polar surface area (TPSA) is 0 Å². The van der Waals surface area contributed by atoms with E-state index in [-0.39, 0.29) is 23.2 Å².